The number of amides is 2. The largest absolute Gasteiger partial charge is 0.336 e. The van der Waals surface area contributed by atoms with Gasteiger partial charge in [0.25, 0.3) is 11.8 Å². The van der Waals surface area contributed by atoms with Gasteiger partial charge in [0, 0.05) is 43.0 Å². The van der Waals surface area contributed by atoms with E-state index in [-0.39, 0.29) is 11.8 Å². The van der Waals surface area contributed by atoms with Crippen molar-refractivity contribution in [2.24, 2.45) is 0 Å². The van der Waals surface area contributed by atoms with E-state index in [2.05, 4.69) is 31.0 Å². The van der Waals surface area contributed by atoms with Crippen LogP contribution < -0.4 is 5.32 Å². The highest BCUT2D eigenvalue weighted by Crippen LogP contribution is 2.18. The molecule has 1 heterocycles. The molecular formula is C23H29N3O2. The molecule has 0 bridgehead atoms. The number of nitrogens with one attached hydrogen (secondary N) is 1. The monoisotopic (exact) mass is 379 g/mol. The fraction of sp³-hybridized carbons (Fsp3) is 0.391. The highest BCUT2D eigenvalue weighted by Gasteiger charge is 2.21. The molecule has 1 fully saturated rings. The van der Waals surface area contributed by atoms with Crippen molar-refractivity contribution in [1.82, 2.24) is 9.80 Å². The van der Waals surface area contributed by atoms with E-state index in [0.29, 0.717) is 17.0 Å². The molecule has 1 saturated heterocycles. The van der Waals surface area contributed by atoms with Gasteiger partial charge in [-0.1, -0.05) is 32.9 Å². The van der Waals surface area contributed by atoms with Crippen LogP contribution in [0.25, 0.3) is 0 Å². The van der Waals surface area contributed by atoms with Crippen molar-refractivity contribution >= 4 is 17.5 Å². The van der Waals surface area contributed by atoms with Crippen molar-refractivity contribution in [2.45, 2.75) is 26.7 Å². The quantitative estimate of drug-likeness (QED) is 0.859. The second kappa shape index (κ2) is 9.02. The molecule has 0 aromatic heterocycles. The molecule has 1 N–H and O–H groups in total. The standard InChI is InChI=1S/C23H29N3O2/c1-4-25-13-15-26(16-14-25)23(28)20-7-5-19(6-8-20)22(27)24-21-11-9-18(10-12-21)17(2)3/h5-12,17H,4,13-16H2,1-3H3,(H,24,27). The number of carbonyl (C=O) groups is 2. The summed E-state index contributed by atoms with van der Waals surface area (Å²) in [7, 11) is 0. The summed E-state index contributed by atoms with van der Waals surface area (Å²) in [5.41, 5.74) is 3.17. The minimum absolute atomic E-state index is 0.0342. The van der Waals surface area contributed by atoms with Gasteiger partial charge in [-0.2, -0.15) is 0 Å². The Hall–Kier alpha value is -2.66. The van der Waals surface area contributed by atoms with E-state index in [1.807, 2.05) is 29.2 Å². The predicted molar refractivity (Wildman–Crippen MR) is 113 cm³/mol. The van der Waals surface area contributed by atoms with Crippen molar-refractivity contribution in [1.29, 1.82) is 0 Å². The molecule has 5 heteroatoms. The summed E-state index contributed by atoms with van der Waals surface area (Å²) in [5, 5.41) is 2.91. The lowest BCUT2D eigenvalue weighted by molar-refractivity contribution is 0.0643. The SMILES string of the molecule is CCN1CCN(C(=O)c2ccc(C(=O)Nc3ccc(C(C)C)cc3)cc2)CC1. The molecule has 28 heavy (non-hydrogen) atoms. The highest BCUT2D eigenvalue weighted by molar-refractivity contribution is 6.05. The molecule has 0 radical (unpaired) electrons. The minimum atomic E-state index is -0.173. The van der Waals surface area contributed by atoms with E-state index in [1.165, 1.54) is 5.56 Å². The Morgan fingerprint density at radius 1 is 0.893 bits per heavy atom. The van der Waals surface area contributed by atoms with Crippen LogP contribution in [0.5, 0.6) is 0 Å². The van der Waals surface area contributed by atoms with Crippen LogP contribution in [0.15, 0.2) is 48.5 Å². The van der Waals surface area contributed by atoms with Gasteiger partial charge in [0.15, 0.2) is 0 Å². The van der Waals surface area contributed by atoms with Gasteiger partial charge < -0.3 is 15.1 Å². The van der Waals surface area contributed by atoms with E-state index in [9.17, 15) is 9.59 Å². The van der Waals surface area contributed by atoms with Gasteiger partial charge in [-0.25, -0.2) is 0 Å². The van der Waals surface area contributed by atoms with E-state index in [4.69, 9.17) is 0 Å². The molecule has 1 aliphatic heterocycles. The molecule has 0 spiro atoms. The van der Waals surface area contributed by atoms with Crippen molar-refractivity contribution < 1.29 is 9.59 Å². The van der Waals surface area contributed by atoms with Gasteiger partial charge in [0.1, 0.15) is 0 Å². The third-order valence-corrected chi connectivity index (χ3v) is 5.34. The first-order chi connectivity index (χ1) is 13.5. The summed E-state index contributed by atoms with van der Waals surface area (Å²) in [4.78, 5) is 29.4. The van der Waals surface area contributed by atoms with Crippen LogP contribution in [0.2, 0.25) is 0 Å². The number of anilines is 1. The topological polar surface area (TPSA) is 52.7 Å². The Labute approximate surface area is 167 Å². The van der Waals surface area contributed by atoms with Crippen LogP contribution in [0.3, 0.4) is 0 Å². The Morgan fingerprint density at radius 3 is 2.00 bits per heavy atom. The van der Waals surface area contributed by atoms with Gasteiger partial charge in [0.2, 0.25) is 0 Å². The number of benzene rings is 2. The van der Waals surface area contributed by atoms with Gasteiger partial charge in [-0.15, -0.1) is 0 Å². The van der Waals surface area contributed by atoms with Crippen molar-refractivity contribution in [3.8, 4) is 0 Å². The third kappa shape index (κ3) is 4.78. The molecule has 148 valence electrons. The van der Waals surface area contributed by atoms with E-state index in [0.717, 1.165) is 38.4 Å². The van der Waals surface area contributed by atoms with Crippen LogP contribution in [0.4, 0.5) is 5.69 Å². The summed E-state index contributed by atoms with van der Waals surface area (Å²) in [5.74, 6) is 0.319. The molecule has 0 aliphatic carbocycles. The van der Waals surface area contributed by atoms with Crippen LogP contribution in [-0.4, -0.2) is 54.3 Å². The number of hydrogen-bond donors (Lipinski definition) is 1. The average Bonchev–Trinajstić information content (AvgIpc) is 2.73. The summed E-state index contributed by atoms with van der Waals surface area (Å²) in [6.07, 6.45) is 0. The third-order valence-electron chi connectivity index (χ3n) is 5.34. The maximum absolute atomic E-state index is 12.7. The van der Waals surface area contributed by atoms with Crippen LogP contribution in [-0.2, 0) is 0 Å². The first-order valence-electron chi connectivity index (χ1n) is 10.0. The first-order valence-corrected chi connectivity index (χ1v) is 10.0. The lowest BCUT2D eigenvalue weighted by Crippen LogP contribution is -2.48. The molecule has 2 aromatic carbocycles. The molecule has 2 amide bonds. The lowest BCUT2D eigenvalue weighted by Gasteiger charge is -2.34. The lowest BCUT2D eigenvalue weighted by atomic mass is 10.0. The van der Waals surface area contributed by atoms with Gasteiger partial charge in [-0.3, -0.25) is 9.59 Å². The summed E-state index contributed by atoms with van der Waals surface area (Å²) >= 11 is 0. The number of piperazine rings is 1. The number of rotatable bonds is 5. The maximum atomic E-state index is 12.7. The Bertz CT molecular complexity index is 805. The summed E-state index contributed by atoms with van der Waals surface area (Å²) in [6, 6.07) is 14.8. The zero-order chi connectivity index (χ0) is 20.1. The molecule has 1 aliphatic rings. The zero-order valence-electron chi connectivity index (χ0n) is 16.9. The van der Waals surface area contributed by atoms with Gasteiger partial charge in [-0.05, 0) is 54.4 Å². The minimum Gasteiger partial charge on any atom is -0.336 e. The average molecular weight is 380 g/mol. The Kier molecular flexibility index (Phi) is 6.47. The fourth-order valence-corrected chi connectivity index (χ4v) is 3.37. The highest BCUT2D eigenvalue weighted by atomic mass is 16.2. The zero-order valence-corrected chi connectivity index (χ0v) is 16.9. The van der Waals surface area contributed by atoms with Crippen molar-refractivity contribution in [2.75, 3.05) is 38.0 Å². The second-order valence-electron chi connectivity index (χ2n) is 7.53. The molecular weight excluding hydrogens is 350 g/mol. The van der Waals surface area contributed by atoms with Crippen LogP contribution in [0.1, 0.15) is 53.0 Å². The molecule has 0 atom stereocenters. The number of carbonyl (C=O) groups excluding carboxylic acids is 2. The summed E-state index contributed by atoms with van der Waals surface area (Å²) < 4.78 is 0. The smallest absolute Gasteiger partial charge is 0.255 e. The second-order valence-corrected chi connectivity index (χ2v) is 7.53. The van der Waals surface area contributed by atoms with Gasteiger partial charge >= 0.3 is 0 Å². The van der Waals surface area contributed by atoms with Crippen molar-refractivity contribution in [3.05, 3.63) is 65.2 Å². The number of likely N-dealkylation sites (N-methyl/N-ethyl adjacent to an activating group) is 1. The molecule has 5 nitrogen and oxygen atoms in total. The maximum Gasteiger partial charge on any atom is 0.255 e. The Balaban J connectivity index is 1.60. The summed E-state index contributed by atoms with van der Waals surface area (Å²) in [6.45, 7) is 10.8. The first kappa shape index (κ1) is 20.1. The molecule has 0 saturated carbocycles. The van der Waals surface area contributed by atoms with E-state index < -0.39 is 0 Å². The van der Waals surface area contributed by atoms with Gasteiger partial charge in [0.05, 0.1) is 0 Å². The predicted octanol–water partition coefficient (Wildman–Crippen LogP) is 3.84. The van der Waals surface area contributed by atoms with E-state index >= 15 is 0 Å². The molecule has 2 aromatic rings. The fourth-order valence-electron chi connectivity index (χ4n) is 3.37. The molecule has 0 unspecified atom stereocenters. The number of nitrogens with zero attached hydrogens (tertiary/aromatic N) is 2. The molecule has 3 rings (SSSR count). The number of hydrogen-bond acceptors (Lipinski definition) is 3. The van der Waals surface area contributed by atoms with Crippen molar-refractivity contribution in [3.63, 3.8) is 0 Å². The van der Waals surface area contributed by atoms with Crippen LogP contribution in [0, 0.1) is 0 Å². The van der Waals surface area contributed by atoms with Crippen LogP contribution >= 0.6 is 0 Å². The Morgan fingerprint density at radius 2 is 1.46 bits per heavy atom. The van der Waals surface area contributed by atoms with E-state index in [1.54, 1.807) is 24.3 Å². The normalized spacial score (nSPS) is 14.9.